The zero-order valence-corrected chi connectivity index (χ0v) is 16.5. The summed E-state index contributed by atoms with van der Waals surface area (Å²) in [5.41, 5.74) is 2.44. The van der Waals surface area contributed by atoms with E-state index in [1.54, 1.807) is 4.90 Å². The van der Waals surface area contributed by atoms with Crippen molar-refractivity contribution in [3.63, 3.8) is 0 Å². The minimum absolute atomic E-state index is 0.00104. The number of anilines is 1. The van der Waals surface area contributed by atoms with Gasteiger partial charge in [-0.2, -0.15) is 26.3 Å². The number of benzene rings is 1. The number of hydrogen-bond acceptors (Lipinski definition) is 3. The summed E-state index contributed by atoms with van der Waals surface area (Å²) in [4.78, 5) is 26.3. The summed E-state index contributed by atoms with van der Waals surface area (Å²) < 4.78 is 77.5. The molecule has 1 aliphatic carbocycles. The number of alkyl halides is 6. The van der Waals surface area contributed by atoms with Crippen LogP contribution in [-0.2, 0) is 21.9 Å². The molecule has 1 saturated carbocycles. The van der Waals surface area contributed by atoms with Crippen LogP contribution in [0.15, 0.2) is 18.2 Å². The number of nitrogens with one attached hydrogen (secondary N) is 1. The fourth-order valence-electron chi connectivity index (χ4n) is 4.08. The fourth-order valence-corrected chi connectivity index (χ4v) is 4.08. The second-order valence-corrected chi connectivity index (χ2v) is 8.21. The van der Waals surface area contributed by atoms with Crippen molar-refractivity contribution >= 4 is 17.5 Å². The van der Waals surface area contributed by atoms with Gasteiger partial charge in [0, 0.05) is 37.2 Å². The van der Waals surface area contributed by atoms with Crippen molar-refractivity contribution in [2.24, 2.45) is 17.6 Å². The van der Waals surface area contributed by atoms with Gasteiger partial charge in [0.05, 0.1) is 17.0 Å². The third kappa shape index (κ3) is 5.69. The molecule has 31 heavy (non-hydrogen) atoms. The Kier molecular flexibility index (Phi) is 6.54. The van der Waals surface area contributed by atoms with Gasteiger partial charge in [0.1, 0.15) is 0 Å². The minimum atomic E-state index is -4.99. The molecule has 1 saturated heterocycles. The van der Waals surface area contributed by atoms with Crippen LogP contribution in [0.4, 0.5) is 32.0 Å². The van der Waals surface area contributed by atoms with Gasteiger partial charge >= 0.3 is 12.4 Å². The van der Waals surface area contributed by atoms with Crippen LogP contribution in [-0.4, -0.2) is 35.8 Å². The highest BCUT2D eigenvalue weighted by molar-refractivity contribution is 5.91. The van der Waals surface area contributed by atoms with Crippen molar-refractivity contribution < 1.29 is 35.9 Å². The second kappa shape index (κ2) is 8.68. The van der Waals surface area contributed by atoms with E-state index < -0.39 is 35.1 Å². The molecule has 172 valence electrons. The van der Waals surface area contributed by atoms with Crippen LogP contribution in [0.1, 0.15) is 43.2 Å². The van der Waals surface area contributed by atoms with Gasteiger partial charge in [-0.1, -0.05) is 12.8 Å². The predicted molar refractivity (Wildman–Crippen MR) is 99.7 cm³/mol. The van der Waals surface area contributed by atoms with Crippen molar-refractivity contribution in [2.45, 2.75) is 50.5 Å². The van der Waals surface area contributed by atoms with E-state index in [-0.39, 0.29) is 36.3 Å². The third-order valence-electron chi connectivity index (χ3n) is 5.75. The van der Waals surface area contributed by atoms with E-state index in [0.29, 0.717) is 25.2 Å². The maximum atomic E-state index is 12.9. The lowest BCUT2D eigenvalue weighted by molar-refractivity contribution is -0.145. The van der Waals surface area contributed by atoms with Gasteiger partial charge in [-0.3, -0.25) is 9.59 Å². The van der Waals surface area contributed by atoms with Crippen LogP contribution in [0.25, 0.3) is 0 Å². The van der Waals surface area contributed by atoms with Crippen molar-refractivity contribution in [3.05, 3.63) is 29.3 Å². The normalized spacial score (nSPS) is 22.7. The molecular formula is C20H23F6N3O2. The van der Waals surface area contributed by atoms with Gasteiger partial charge in [0.25, 0.3) is 0 Å². The Hall–Kier alpha value is -2.30. The molecule has 2 unspecified atom stereocenters. The van der Waals surface area contributed by atoms with Crippen LogP contribution in [0.3, 0.4) is 0 Å². The van der Waals surface area contributed by atoms with Crippen molar-refractivity contribution in [1.29, 1.82) is 0 Å². The molecule has 0 bridgehead atoms. The van der Waals surface area contributed by atoms with Gasteiger partial charge in [-0.15, -0.1) is 0 Å². The molecule has 2 fully saturated rings. The number of carbonyl (C=O) groups is 2. The zero-order valence-electron chi connectivity index (χ0n) is 16.5. The number of amides is 2. The van der Waals surface area contributed by atoms with E-state index in [4.69, 9.17) is 5.73 Å². The molecular weight excluding hydrogens is 428 g/mol. The van der Waals surface area contributed by atoms with E-state index in [9.17, 15) is 35.9 Å². The summed E-state index contributed by atoms with van der Waals surface area (Å²) >= 11 is 0. The second-order valence-electron chi connectivity index (χ2n) is 8.21. The Morgan fingerprint density at radius 3 is 2.03 bits per heavy atom. The van der Waals surface area contributed by atoms with E-state index in [2.05, 4.69) is 5.32 Å². The third-order valence-corrected chi connectivity index (χ3v) is 5.75. The molecule has 0 aromatic heterocycles. The molecule has 3 rings (SSSR count). The predicted octanol–water partition coefficient (Wildman–Crippen LogP) is 4.03. The van der Waals surface area contributed by atoms with E-state index in [0.717, 1.165) is 25.7 Å². The highest BCUT2D eigenvalue weighted by atomic mass is 19.4. The highest BCUT2D eigenvalue weighted by Crippen LogP contribution is 2.37. The van der Waals surface area contributed by atoms with Crippen molar-refractivity contribution in [3.8, 4) is 0 Å². The Morgan fingerprint density at radius 2 is 1.52 bits per heavy atom. The van der Waals surface area contributed by atoms with Crippen LogP contribution < -0.4 is 11.1 Å². The quantitative estimate of drug-likeness (QED) is 0.679. The summed E-state index contributed by atoms with van der Waals surface area (Å²) in [5.74, 6) is -1.22. The number of nitrogens with zero attached hydrogens (tertiary/aromatic N) is 1. The van der Waals surface area contributed by atoms with Gasteiger partial charge in [-0.25, -0.2) is 0 Å². The SMILES string of the molecule is NC1CCCCC1C(=O)N1CC(CC(=O)Nc2cc(C(F)(F)F)cc(C(F)(F)F)c2)C1. The summed E-state index contributed by atoms with van der Waals surface area (Å²) in [7, 11) is 0. The number of halogens is 6. The van der Waals surface area contributed by atoms with Crippen LogP contribution in [0.2, 0.25) is 0 Å². The maximum absolute atomic E-state index is 12.9. The Labute approximate surface area is 174 Å². The molecule has 0 spiro atoms. The molecule has 2 atom stereocenters. The smallest absolute Gasteiger partial charge is 0.342 e. The summed E-state index contributed by atoms with van der Waals surface area (Å²) in [6, 6.07) is 0.746. The molecule has 1 aromatic carbocycles. The average molecular weight is 451 g/mol. The summed E-state index contributed by atoms with van der Waals surface area (Å²) in [6.07, 6.45) is -6.67. The van der Waals surface area contributed by atoms with Gasteiger partial charge in [0.2, 0.25) is 11.8 Å². The fraction of sp³-hybridized carbons (Fsp3) is 0.600. The Balaban J connectivity index is 1.57. The number of carbonyl (C=O) groups excluding carboxylic acids is 2. The van der Waals surface area contributed by atoms with E-state index in [1.165, 1.54) is 0 Å². The average Bonchev–Trinajstić information content (AvgIpc) is 2.62. The van der Waals surface area contributed by atoms with Crippen LogP contribution in [0, 0.1) is 11.8 Å². The molecule has 1 aliphatic heterocycles. The number of nitrogens with two attached hydrogens (primary N) is 1. The Morgan fingerprint density at radius 1 is 0.968 bits per heavy atom. The first kappa shape index (κ1) is 23.4. The molecule has 5 nitrogen and oxygen atoms in total. The van der Waals surface area contributed by atoms with Gasteiger partial charge in [-0.05, 0) is 31.0 Å². The van der Waals surface area contributed by atoms with E-state index in [1.807, 2.05) is 0 Å². The monoisotopic (exact) mass is 451 g/mol. The maximum Gasteiger partial charge on any atom is 0.416 e. The first-order chi connectivity index (χ1) is 14.3. The van der Waals surface area contributed by atoms with Gasteiger partial charge in [0.15, 0.2) is 0 Å². The number of rotatable bonds is 4. The lowest BCUT2D eigenvalue weighted by Gasteiger charge is -2.42. The summed E-state index contributed by atoms with van der Waals surface area (Å²) in [6.45, 7) is 0.623. The molecule has 1 aromatic rings. The first-order valence-corrected chi connectivity index (χ1v) is 9.98. The Bertz CT molecular complexity index is 801. The standard InChI is InChI=1S/C20H23F6N3O2/c21-19(22,23)12-6-13(20(24,25)26)8-14(7-12)28-17(30)5-11-9-29(10-11)18(31)15-3-1-2-4-16(15)27/h6-8,11,15-16H,1-5,9-10,27H2,(H,28,30). The molecule has 0 radical (unpaired) electrons. The number of hydrogen-bond donors (Lipinski definition) is 2. The minimum Gasteiger partial charge on any atom is -0.342 e. The largest absolute Gasteiger partial charge is 0.416 e. The van der Waals surface area contributed by atoms with Crippen molar-refractivity contribution in [1.82, 2.24) is 4.90 Å². The lowest BCUT2D eigenvalue weighted by Crippen LogP contribution is -2.55. The van der Waals surface area contributed by atoms with Crippen LogP contribution >= 0.6 is 0 Å². The molecule has 11 heteroatoms. The summed E-state index contributed by atoms with van der Waals surface area (Å²) in [5, 5.41) is 2.12. The van der Waals surface area contributed by atoms with Gasteiger partial charge < -0.3 is 16.0 Å². The molecule has 1 heterocycles. The zero-order chi connectivity index (χ0) is 23.0. The molecule has 3 N–H and O–H groups in total. The van der Waals surface area contributed by atoms with E-state index >= 15 is 0 Å². The lowest BCUT2D eigenvalue weighted by atomic mass is 9.82. The van der Waals surface area contributed by atoms with Crippen molar-refractivity contribution in [2.75, 3.05) is 18.4 Å². The number of likely N-dealkylation sites (tertiary alicyclic amines) is 1. The molecule has 2 amide bonds. The van der Waals surface area contributed by atoms with Crippen LogP contribution in [0.5, 0.6) is 0 Å². The topological polar surface area (TPSA) is 75.4 Å². The molecule has 2 aliphatic rings. The first-order valence-electron chi connectivity index (χ1n) is 9.98. The highest BCUT2D eigenvalue weighted by Gasteiger charge is 2.39.